The molecule has 1 heterocycles. The fraction of sp³-hybridized carbons (Fsp3) is 1.00. The minimum atomic E-state index is 0.732. The quantitative estimate of drug-likeness (QED) is 0.661. The molecule has 0 radical (unpaired) electrons. The van der Waals surface area contributed by atoms with Crippen LogP contribution in [0.15, 0.2) is 0 Å². The van der Waals surface area contributed by atoms with E-state index >= 15 is 0 Å². The molecule has 2 aliphatic carbocycles. The zero-order valence-electron chi connectivity index (χ0n) is 8.93. The zero-order chi connectivity index (χ0) is 9.43. The van der Waals surface area contributed by atoms with E-state index in [-0.39, 0.29) is 0 Å². The summed E-state index contributed by atoms with van der Waals surface area (Å²) in [5.41, 5.74) is 0.732. The number of rotatable bonds is 0. The van der Waals surface area contributed by atoms with Crippen molar-refractivity contribution in [3.63, 3.8) is 0 Å². The highest BCUT2D eigenvalue weighted by Crippen LogP contribution is 2.52. The van der Waals surface area contributed by atoms with Crippen LogP contribution in [0.25, 0.3) is 0 Å². The summed E-state index contributed by atoms with van der Waals surface area (Å²) >= 11 is 2.25. The van der Waals surface area contributed by atoms with Gasteiger partial charge in [0.25, 0.3) is 0 Å². The molecule has 0 amide bonds. The average molecular weight is 211 g/mol. The minimum absolute atomic E-state index is 0.732. The van der Waals surface area contributed by atoms with Crippen molar-refractivity contribution in [3.8, 4) is 0 Å². The standard InChI is InChI=1S/C12H21NS/c1-2-6-12(5-1)7-3-4-10-11(12)13-8-9-14-10/h10-11,13H,1-9H2. The molecule has 3 fully saturated rings. The Kier molecular flexibility index (Phi) is 2.53. The number of nitrogens with one attached hydrogen (secondary N) is 1. The van der Waals surface area contributed by atoms with E-state index in [1.165, 1.54) is 57.2 Å². The van der Waals surface area contributed by atoms with Gasteiger partial charge in [-0.1, -0.05) is 19.3 Å². The molecule has 1 saturated heterocycles. The third-order valence-electron chi connectivity index (χ3n) is 4.59. The van der Waals surface area contributed by atoms with Gasteiger partial charge in [-0.05, 0) is 31.1 Å². The number of fused-ring (bicyclic) bond motifs is 2. The first kappa shape index (κ1) is 9.53. The van der Waals surface area contributed by atoms with Gasteiger partial charge in [0.1, 0.15) is 0 Å². The third-order valence-corrected chi connectivity index (χ3v) is 5.97. The Bertz CT molecular complexity index is 208. The molecule has 80 valence electrons. The lowest BCUT2D eigenvalue weighted by Crippen LogP contribution is -2.56. The van der Waals surface area contributed by atoms with Gasteiger partial charge in [-0.2, -0.15) is 11.8 Å². The molecule has 2 unspecified atom stereocenters. The van der Waals surface area contributed by atoms with Gasteiger partial charge in [0.15, 0.2) is 0 Å². The van der Waals surface area contributed by atoms with E-state index in [1.807, 2.05) is 0 Å². The highest BCUT2D eigenvalue weighted by atomic mass is 32.2. The highest BCUT2D eigenvalue weighted by molar-refractivity contribution is 8.00. The van der Waals surface area contributed by atoms with Crippen LogP contribution in [0.5, 0.6) is 0 Å². The average Bonchev–Trinajstić information content (AvgIpc) is 2.68. The van der Waals surface area contributed by atoms with Gasteiger partial charge >= 0.3 is 0 Å². The topological polar surface area (TPSA) is 12.0 Å². The first-order valence-corrected chi connectivity index (χ1v) is 7.31. The SMILES string of the molecule is C1CCC2(C1)CCCC1SCCNC12. The molecule has 0 aromatic carbocycles. The molecule has 0 aromatic rings. The van der Waals surface area contributed by atoms with Gasteiger partial charge in [0, 0.05) is 23.6 Å². The van der Waals surface area contributed by atoms with Crippen LogP contribution in [0.1, 0.15) is 44.9 Å². The first-order valence-electron chi connectivity index (χ1n) is 6.26. The molecule has 0 aromatic heterocycles. The molecule has 1 aliphatic heterocycles. The highest BCUT2D eigenvalue weighted by Gasteiger charge is 2.47. The van der Waals surface area contributed by atoms with Crippen LogP contribution in [0.3, 0.4) is 0 Å². The Morgan fingerprint density at radius 3 is 2.71 bits per heavy atom. The Morgan fingerprint density at radius 1 is 1.07 bits per heavy atom. The minimum Gasteiger partial charge on any atom is -0.312 e. The molecule has 0 bridgehead atoms. The summed E-state index contributed by atoms with van der Waals surface area (Å²) in [6.45, 7) is 1.26. The van der Waals surface area contributed by atoms with Crippen LogP contribution < -0.4 is 5.32 Å². The maximum atomic E-state index is 3.83. The third kappa shape index (κ3) is 1.42. The summed E-state index contributed by atoms with van der Waals surface area (Å²) in [5, 5.41) is 4.79. The lowest BCUT2D eigenvalue weighted by atomic mass is 9.68. The van der Waals surface area contributed by atoms with E-state index in [0.717, 1.165) is 16.7 Å². The van der Waals surface area contributed by atoms with Gasteiger partial charge in [-0.15, -0.1) is 0 Å². The van der Waals surface area contributed by atoms with E-state index in [1.54, 1.807) is 0 Å². The second-order valence-corrected chi connectivity index (χ2v) is 6.65. The van der Waals surface area contributed by atoms with Gasteiger partial charge in [0.2, 0.25) is 0 Å². The van der Waals surface area contributed by atoms with Crippen LogP contribution in [0.2, 0.25) is 0 Å². The normalized spacial score (nSPS) is 41.1. The maximum Gasteiger partial charge on any atom is 0.0243 e. The van der Waals surface area contributed by atoms with Crippen LogP contribution in [-0.2, 0) is 0 Å². The van der Waals surface area contributed by atoms with Crippen molar-refractivity contribution in [1.29, 1.82) is 0 Å². The van der Waals surface area contributed by atoms with Crippen molar-refractivity contribution in [3.05, 3.63) is 0 Å². The maximum absolute atomic E-state index is 3.83. The van der Waals surface area contributed by atoms with Gasteiger partial charge < -0.3 is 5.32 Å². The summed E-state index contributed by atoms with van der Waals surface area (Å²) in [6, 6.07) is 0.873. The lowest BCUT2D eigenvalue weighted by Gasteiger charge is -2.48. The Balaban J connectivity index is 1.82. The Hall–Kier alpha value is 0.310. The Morgan fingerprint density at radius 2 is 1.86 bits per heavy atom. The molecular weight excluding hydrogens is 190 g/mol. The predicted molar refractivity (Wildman–Crippen MR) is 62.8 cm³/mol. The van der Waals surface area contributed by atoms with Crippen LogP contribution in [0, 0.1) is 5.41 Å². The second-order valence-electron chi connectivity index (χ2n) is 5.30. The van der Waals surface area contributed by atoms with Gasteiger partial charge in [-0.25, -0.2) is 0 Å². The van der Waals surface area contributed by atoms with E-state index in [4.69, 9.17) is 0 Å². The molecule has 2 heteroatoms. The number of hydrogen-bond acceptors (Lipinski definition) is 2. The summed E-state index contributed by atoms with van der Waals surface area (Å²) in [4.78, 5) is 0. The van der Waals surface area contributed by atoms with Crippen LogP contribution in [-0.4, -0.2) is 23.6 Å². The molecule has 1 spiro atoms. The van der Waals surface area contributed by atoms with Crippen molar-refractivity contribution < 1.29 is 0 Å². The van der Waals surface area contributed by atoms with Crippen molar-refractivity contribution in [2.24, 2.45) is 5.41 Å². The van der Waals surface area contributed by atoms with Gasteiger partial charge in [-0.3, -0.25) is 0 Å². The first-order chi connectivity index (χ1) is 6.91. The molecular formula is C12H21NS. The Labute approximate surface area is 91.4 Å². The summed E-state index contributed by atoms with van der Waals surface area (Å²) in [6.07, 6.45) is 10.5. The lowest BCUT2D eigenvalue weighted by molar-refractivity contribution is 0.135. The van der Waals surface area contributed by atoms with E-state index in [0.29, 0.717) is 0 Å². The molecule has 14 heavy (non-hydrogen) atoms. The smallest absolute Gasteiger partial charge is 0.0243 e. The predicted octanol–water partition coefficient (Wildman–Crippen LogP) is 2.80. The monoisotopic (exact) mass is 211 g/mol. The van der Waals surface area contributed by atoms with Crippen LogP contribution in [0.4, 0.5) is 0 Å². The van der Waals surface area contributed by atoms with Crippen LogP contribution >= 0.6 is 11.8 Å². The summed E-state index contributed by atoms with van der Waals surface area (Å²) < 4.78 is 0. The second kappa shape index (κ2) is 3.71. The van der Waals surface area contributed by atoms with Crippen molar-refractivity contribution in [1.82, 2.24) is 5.32 Å². The largest absolute Gasteiger partial charge is 0.312 e. The van der Waals surface area contributed by atoms with E-state index < -0.39 is 0 Å². The zero-order valence-corrected chi connectivity index (χ0v) is 9.74. The summed E-state index contributed by atoms with van der Waals surface area (Å²) in [7, 11) is 0. The van der Waals surface area contributed by atoms with E-state index in [2.05, 4.69) is 17.1 Å². The van der Waals surface area contributed by atoms with Gasteiger partial charge in [0.05, 0.1) is 0 Å². The molecule has 3 aliphatic rings. The number of hydrogen-bond donors (Lipinski definition) is 1. The van der Waals surface area contributed by atoms with Crippen molar-refractivity contribution in [2.75, 3.05) is 12.3 Å². The van der Waals surface area contributed by atoms with Crippen molar-refractivity contribution >= 4 is 11.8 Å². The molecule has 1 nitrogen and oxygen atoms in total. The number of thioether (sulfide) groups is 1. The fourth-order valence-electron chi connectivity index (χ4n) is 3.96. The van der Waals surface area contributed by atoms with Crippen molar-refractivity contribution in [2.45, 2.75) is 56.2 Å². The molecule has 2 atom stereocenters. The van der Waals surface area contributed by atoms with E-state index in [9.17, 15) is 0 Å². The molecule has 3 rings (SSSR count). The summed E-state index contributed by atoms with van der Waals surface area (Å²) in [5.74, 6) is 1.34. The molecule has 2 saturated carbocycles. The fourth-order valence-corrected chi connectivity index (χ4v) is 5.41. The molecule has 1 N–H and O–H groups in total.